The number of halogens is 1. The van der Waals surface area contributed by atoms with Gasteiger partial charge in [0.15, 0.2) is 0 Å². The second-order valence-electron chi connectivity index (χ2n) is 2.88. The van der Waals surface area contributed by atoms with Gasteiger partial charge in [-0.1, -0.05) is 0 Å². The minimum atomic E-state index is 0.155. The second-order valence-corrected chi connectivity index (χ2v) is 5.02. The Hall–Kier alpha value is -0.350. The van der Waals surface area contributed by atoms with Gasteiger partial charge >= 0.3 is 0 Å². The molecule has 1 atom stereocenters. The van der Waals surface area contributed by atoms with Gasteiger partial charge in [-0.15, -0.1) is 11.3 Å². The van der Waals surface area contributed by atoms with Crippen LogP contribution in [0.3, 0.4) is 0 Å². The molecule has 0 aromatic carbocycles. The number of hydrogen-bond donors (Lipinski definition) is 1. The zero-order valence-corrected chi connectivity index (χ0v) is 8.96. The Morgan fingerprint density at radius 2 is 2.42 bits per heavy atom. The van der Waals surface area contributed by atoms with Crippen molar-refractivity contribution in [2.24, 2.45) is 0 Å². The molecule has 1 saturated heterocycles. The maximum Gasteiger partial charge on any atom is 0.222 e. The van der Waals surface area contributed by atoms with Crippen molar-refractivity contribution in [3.8, 4) is 0 Å². The van der Waals surface area contributed by atoms with Crippen molar-refractivity contribution in [1.29, 1.82) is 0 Å². The third-order valence-corrected chi connectivity index (χ3v) is 4.19. The zero-order valence-electron chi connectivity index (χ0n) is 6.56. The van der Waals surface area contributed by atoms with Crippen LogP contribution >= 0.6 is 27.3 Å². The highest BCUT2D eigenvalue weighted by atomic mass is 79.9. The van der Waals surface area contributed by atoms with Gasteiger partial charge in [-0.05, 0) is 28.9 Å². The second kappa shape index (κ2) is 2.85. The minimum Gasteiger partial charge on any atom is -0.348 e. The van der Waals surface area contributed by atoms with Crippen LogP contribution in [0.1, 0.15) is 22.2 Å². The third kappa shape index (κ3) is 1.29. The largest absolute Gasteiger partial charge is 0.348 e. The van der Waals surface area contributed by atoms with Crippen LogP contribution in [-0.4, -0.2) is 5.91 Å². The van der Waals surface area contributed by atoms with Crippen molar-refractivity contribution in [3.63, 3.8) is 0 Å². The van der Waals surface area contributed by atoms with Gasteiger partial charge in [0.1, 0.15) is 0 Å². The zero-order chi connectivity index (χ0) is 8.72. The molecule has 2 rings (SSSR count). The maximum atomic E-state index is 10.7. The Labute approximate surface area is 83.1 Å². The molecule has 0 aliphatic carbocycles. The van der Waals surface area contributed by atoms with Crippen LogP contribution in [0.4, 0.5) is 0 Å². The summed E-state index contributed by atoms with van der Waals surface area (Å²) in [6, 6.07) is 2.36. The van der Waals surface area contributed by atoms with E-state index in [-0.39, 0.29) is 11.9 Å². The van der Waals surface area contributed by atoms with E-state index in [0.717, 1.165) is 4.47 Å². The first-order chi connectivity index (χ1) is 5.66. The predicted octanol–water partition coefficient (Wildman–Crippen LogP) is 2.38. The van der Waals surface area contributed by atoms with Gasteiger partial charge < -0.3 is 5.32 Å². The molecule has 0 radical (unpaired) electrons. The molecule has 0 spiro atoms. The molecule has 1 aromatic heterocycles. The number of carbonyl (C=O) groups excluding carboxylic acids is 1. The predicted molar refractivity (Wildman–Crippen MR) is 52.3 cm³/mol. The van der Waals surface area contributed by atoms with E-state index in [2.05, 4.69) is 34.2 Å². The van der Waals surface area contributed by atoms with Crippen molar-refractivity contribution in [2.75, 3.05) is 0 Å². The van der Waals surface area contributed by atoms with Crippen LogP contribution in [0.5, 0.6) is 0 Å². The van der Waals surface area contributed by atoms with Gasteiger partial charge in [-0.25, -0.2) is 0 Å². The molecule has 1 unspecified atom stereocenters. The first-order valence-electron chi connectivity index (χ1n) is 3.72. The number of amides is 1. The topological polar surface area (TPSA) is 29.1 Å². The van der Waals surface area contributed by atoms with E-state index < -0.39 is 0 Å². The fourth-order valence-corrected chi connectivity index (χ4v) is 2.80. The molecular weight excluding hydrogens is 238 g/mol. The molecule has 1 amide bonds. The lowest BCUT2D eigenvalue weighted by Gasteiger charge is -2.25. The number of thiophene rings is 1. The highest BCUT2D eigenvalue weighted by Gasteiger charge is 2.28. The SMILES string of the molecule is Cc1sc(C2CC(=O)N2)cc1Br. The Morgan fingerprint density at radius 3 is 2.83 bits per heavy atom. The third-order valence-electron chi connectivity index (χ3n) is 1.94. The molecule has 1 aromatic rings. The number of β-lactam (4-membered cyclic amide) rings is 1. The molecule has 12 heavy (non-hydrogen) atoms. The summed E-state index contributed by atoms with van der Waals surface area (Å²) in [5.74, 6) is 0.155. The summed E-state index contributed by atoms with van der Waals surface area (Å²) in [7, 11) is 0. The number of hydrogen-bond acceptors (Lipinski definition) is 2. The van der Waals surface area contributed by atoms with E-state index in [1.54, 1.807) is 11.3 Å². The van der Waals surface area contributed by atoms with E-state index in [9.17, 15) is 4.79 Å². The molecule has 1 fully saturated rings. The van der Waals surface area contributed by atoms with Crippen LogP contribution in [0.25, 0.3) is 0 Å². The lowest BCUT2D eigenvalue weighted by Crippen LogP contribution is -2.40. The molecular formula is C8H8BrNOS. The normalized spacial score (nSPS) is 21.8. The number of aryl methyl sites for hydroxylation is 1. The molecule has 1 aliphatic rings. The van der Waals surface area contributed by atoms with Gasteiger partial charge in [-0.3, -0.25) is 4.79 Å². The fraction of sp³-hybridized carbons (Fsp3) is 0.375. The number of carbonyl (C=O) groups is 1. The standard InChI is InChI=1S/C8H8BrNOS/c1-4-5(9)2-7(12-4)6-3-8(11)10-6/h2,6H,3H2,1H3,(H,10,11). The molecule has 1 aliphatic heterocycles. The summed E-state index contributed by atoms with van der Waals surface area (Å²) in [6.07, 6.45) is 0.645. The molecule has 0 bridgehead atoms. The lowest BCUT2D eigenvalue weighted by atomic mass is 10.1. The van der Waals surface area contributed by atoms with Gasteiger partial charge in [0, 0.05) is 14.2 Å². The average Bonchev–Trinajstić information content (AvgIpc) is 2.26. The summed E-state index contributed by atoms with van der Waals surface area (Å²) in [5, 5.41) is 2.85. The average molecular weight is 246 g/mol. The first kappa shape index (κ1) is 8.26. The van der Waals surface area contributed by atoms with Crippen LogP contribution in [0.15, 0.2) is 10.5 Å². The van der Waals surface area contributed by atoms with E-state index in [0.29, 0.717) is 6.42 Å². The van der Waals surface area contributed by atoms with Crippen LogP contribution in [0, 0.1) is 6.92 Å². The first-order valence-corrected chi connectivity index (χ1v) is 5.33. The van der Waals surface area contributed by atoms with Crippen molar-refractivity contribution in [1.82, 2.24) is 5.32 Å². The Balaban J connectivity index is 2.19. The van der Waals surface area contributed by atoms with E-state index in [4.69, 9.17) is 0 Å². The minimum absolute atomic E-state index is 0.155. The lowest BCUT2D eigenvalue weighted by molar-refractivity contribution is -0.128. The van der Waals surface area contributed by atoms with Crippen LogP contribution < -0.4 is 5.32 Å². The van der Waals surface area contributed by atoms with E-state index in [1.807, 2.05) is 0 Å². The quantitative estimate of drug-likeness (QED) is 0.757. The summed E-state index contributed by atoms with van der Waals surface area (Å²) in [5.41, 5.74) is 0. The van der Waals surface area contributed by atoms with Gasteiger partial charge in [0.25, 0.3) is 0 Å². The van der Waals surface area contributed by atoms with E-state index in [1.165, 1.54) is 9.75 Å². The fourth-order valence-electron chi connectivity index (χ4n) is 1.18. The van der Waals surface area contributed by atoms with E-state index >= 15 is 0 Å². The van der Waals surface area contributed by atoms with Crippen molar-refractivity contribution in [3.05, 3.63) is 20.3 Å². The van der Waals surface area contributed by atoms with Gasteiger partial charge in [0.05, 0.1) is 12.5 Å². The Morgan fingerprint density at radius 1 is 1.75 bits per heavy atom. The van der Waals surface area contributed by atoms with Crippen molar-refractivity contribution >= 4 is 33.2 Å². The smallest absolute Gasteiger partial charge is 0.222 e. The molecule has 1 N–H and O–H groups in total. The monoisotopic (exact) mass is 245 g/mol. The Kier molecular flexibility index (Phi) is 1.96. The van der Waals surface area contributed by atoms with Gasteiger partial charge in [0.2, 0.25) is 5.91 Å². The molecule has 2 heterocycles. The molecule has 64 valence electrons. The van der Waals surface area contributed by atoms with Crippen molar-refractivity contribution < 1.29 is 4.79 Å². The highest BCUT2D eigenvalue weighted by molar-refractivity contribution is 9.10. The summed E-state index contributed by atoms with van der Waals surface area (Å²) in [6.45, 7) is 2.07. The summed E-state index contributed by atoms with van der Waals surface area (Å²) >= 11 is 5.19. The van der Waals surface area contributed by atoms with Gasteiger partial charge in [-0.2, -0.15) is 0 Å². The molecule has 2 nitrogen and oxygen atoms in total. The highest BCUT2D eigenvalue weighted by Crippen LogP contribution is 2.34. The Bertz CT molecular complexity index is 306. The van der Waals surface area contributed by atoms with Crippen LogP contribution in [0.2, 0.25) is 0 Å². The maximum absolute atomic E-state index is 10.7. The molecule has 0 saturated carbocycles. The summed E-state index contributed by atoms with van der Waals surface area (Å²) in [4.78, 5) is 13.2. The number of nitrogens with one attached hydrogen (secondary N) is 1. The van der Waals surface area contributed by atoms with Crippen LogP contribution in [-0.2, 0) is 4.79 Å². The van der Waals surface area contributed by atoms with Crippen molar-refractivity contribution in [2.45, 2.75) is 19.4 Å². The molecule has 4 heteroatoms. The number of rotatable bonds is 1. The summed E-state index contributed by atoms with van der Waals surface area (Å²) < 4.78 is 1.14.